The number of hydrogen-bond acceptors (Lipinski definition) is 4. The molecule has 0 radical (unpaired) electrons. The summed E-state index contributed by atoms with van der Waals surface area (Å²) in [6.07, 6.45) is 0.420. The second-order valence-electron chi connectivity index (χ2n) is 5.75. The first-order chi connectivity index (χ1) is 11.0. The number of rotatable bonds is 6. The highest BCUT2D eigenvalue weighted by Gasteiger charge is 2.26. The number of piperazine rings is 1. The Bertz CT molecular complexity index is 536. The van der Waals surface area contributed by atoms with Gasteiger partial charge in [0.2, 0.25) is 0 Å². The minimum absolute atomic E-state index is 0.0257. The molecule has 1 aromatic rings. The average Bonchev–Trinajstić information content (AvgIpc) is 2.55. The van der Waals surface area contributed by atoms with E-state index in [0.29, 0.717) is 31.9 Å². The smallest absolute Gasteiger partial charge is 0.317 e. The average molecular weight is 320 g/mol. The van der Waals surface area contributed by atoms with Crippen molar-refractivity contribution in [3.63, 3.8) is 0 Å². The Labute approximate surface area is 136 Å². The quantitative estimate of drug-likeness (QED) is 0.854. The largest absolute Gasteiger partial charge is 0.481 e. The fourth-order valence-electron chi connectivity index (χ4n) is 2.63. The number of nitrogens with zero attached hydrogens (tertiary/aromatic N) is 2. The van der Waals surface area contributed by atoms with Gasteiger partial charge in [0, 0.05) is 26.2 Å². The Balaban J connectivity index is 1.84. The first-order valence-corrected chi connectivity index (χ1v) is 7.98. The molecule has 0 spiro atoms. The van der Waals surface area contributed by atoms with Gasteiger partial charge in [0.1, 0.15) is 5.75 Å². The molecule has 1 fully saturated rings. The number of amides is 1. The van der Waals surface area contributed by atoms with Crippen LogP contribution in [0.1, 0.15) is 19.4 Å². The van der Waals surface area contributed by atoms with Crippen LogP contribution in [-0.2, 0) is 16.0 Å². The number of carboxylic acid groups (broad SMARTS) is 1. The first kappa shape index (κ1) is 17.3. The van der Waals surface area contributed by atoms with Crippen molar-refractivity contribution in [1.82, 2.24) is 9.80 Å². The number of aryl methyl sites for hydroxylation is 1. The predicted molar refractivity (Wildman–Crippen MR) is 86.6 cm³/mol. The molecule has 1 N–H and O–H groups in total. The standard InChI is InChI=1S/C17H24N2O4/c1-3-14-4-6-15(7-5-14)23-13(2)17(22)19-10-8-18(9-11-19)12-16(20)21/h4-7,13H,3,8-12H2,1-2H3,(H,20,21). The third-order valence-electron chi connectivity index (χ3n) is 4.04. The van der Waals surface area contributed by atoms with Crippen molar-refractivity contribution in [3.05, 3.63) is 29.8 Å². The van der Waals surface area contributed by atoms with Crippen LogP contribution in [0.15, 0.2) is 24.3 Å². The molecule has 1 aliphatic heterocycles. The summed E-state index contributed by atoms with van der Waals surface area (Å²) in [5, 5.41) is 8.79. The van der Waals surface area contributed by atoms with Gasteiger partial charge in [-0.3, -0.25) is 14.5 Å². The van der Waals surface area contributed by atoms with Crippen molar-refractivity contribution in [2.45, 2.75) is 26.4 Å². The summed E-state index contributed by atoms with van der Waals surface area (Å²) in [5.74, 6) is -0.205. The molecule has 23 heavy (non-hydrogen) atoms. The van der Waals surface area contributed by atoms with E-state index in [1.54, 1.807) is 11.8 Å². The van der Waals surface area contributed by atoms with Crippen molar-refractivity contribution in [1.29, 1.82) is 0 Å². The van der Waals surface area contributed by atoms with Gasteiger partial charge in [0.25, 0.3) is 5.91 Å². The number of aliphatic carboxylic acids is 1. The second-order valence-corrected chi connectivity index (χ2v) is 5.75. The van der Waals surface area contributed by atoms with Crippen LogP contribution in [0.25, 0.3) is 0 Å². The maximum Gasteiger partial charge on any atom is 0.317 e. The van der Waals surface area contributed by atoms with Gasteiger partial charge in [-0.25, -0.2) is 0 Å². The van der Waals surface area contributed by atoms with E-state index in [1.807, 2.05) is 29.2 Å². The van der Waals surface area contributed by atoms with E-state index in [-0.39, 0.29) is 12.5 Å². The molecule has 1 aromatic carbocycles. The SMILES string of the molecule is CCc1ccc(OC(C)C(=O)N2CCN(CC(=O)O)CC2)cc1. The molecule has 0 aromatic heterocycles. The molecule has 0 bridgehead atoms. The zero-order chi connectivity index (χ0) is 16.8. The number of hydrogen-bond donors (Lipinski definition) is 1. The van der Waals surface area contributed by atoms with Crippen molar-refractivity contribution in [3.8, 4) is 5.75 Å². The highest BCUT2D eigenvalue weighted by atomic mass is 16.5. The number of carbonyl (C=O) groups is 2. The summed E-state index contributed by atoms with van der Waals surface area (Å²) in [4.78, 5) is 26.7. The van der Waals surface area contributed by atoms with Crippen LogP contribution in [0.3, 0.4) is 0 Å². The zero-order valence-electron chi connectivity index (χ0n) is 13.7. The van der Waals surface area contributed by atoms with Crippen LogP contribution in [0.4, 0.5) is 0 Å². The van der Waals surface area contributed by atoms with Crippen LogP contribution < -0.4 is 4.74 Å². The van der Waals surface area contributed by atoms with Crippen LogP contribution in [0.2, 0.25) is 0 Å². The van der Waals surface area contributed by atoms with E-state index in [2.05, 4.69) is 6.92 Å². The summed E-state index contributed by atoms with van der Waals surface area (Å²) in [7, 11) is 0. The van der Waals surface area contributed by atoms with E-state index in [9.17, 15) is 9.59 Å². The molecule has 1 saturated heterocycles. The van der Waals surface area contributed by atoms with Crippen LogP contribution >= 0.6 is 0 Å². The lowest BCUT2D eigenvalue weighted by Gasteiger charge is -2.35. The van der Waals surface area contributed by atoms with Crippen molar-refractivity contribution in [2.24, 2.45) is 0 Å². The van der Waals surface area contributed by atoms with E-state index in [1.165, 1.54) is 5.56 Å². The van der Waals surface area contributed by atoms with E-state index in [4.69, 9.17) is 9.84 Å². The van der Waals surface area contributed by atoms with E-state index in [0.717, 1.165) is 6.42 Å². The van der Waals surface area contributed by atoms with Crippen molar-refractivity contribution < 1.29 is 19.4 Å². The zero-order valence-corrected chi connectivity index (χ0v) is 13.7. The Kier molecular flexibility index (Phi) is 5.98. The molecular weight excluding hydrogens is 296 g/mol. The van der Waals surface area contributed by atoms with Gasteiger partial charge in [0.15, 0.2) is 6.10 Å². The van der Waals surface area contributed by atoms with E-state index >= 15 is 0 Å². The number of carbonyl (C=O) groups excluding carboxylic acids is 1. The topological polar surface area (TPSA) is 70.1 Å². The summed E-state index contributed by atoms with van der Waals surface area (Å²) in [6, 6.07) is 7.76. The molecule has 6 heteroatoms. The maximum absolute atomic E-state index is 12.4. The summed E-state index contributed by atoms with van der Waals surface area (Å²) in [6.45, 7) is 6.10. The number of carboxylic acids is 1. The molecule has 1 unspecified atom stereocenters. The van der Waals surface area contributed by atoms with Gasteiger partial charge >= 0.3 is 5.97 Å². The molecule has 1 aliphatic rings. The lowest BCUT2D eigenvalue weighted by Crippen LogP contribution is -2.52. The first-order valence-electron chi connectivity index (χ1n) is 7.98. The van der Waals surface area contributed by atoms with Gasteiger partial charge in [-0.15, -0.1) is 0 Å². The van der Waals surface area contributed by atoms with Crippen molar-refractivity contribution in [2.75, 3.05) is 32.7 Å². The minimum atomic E-state index is -0.836. The Morgan fingerprint density at radius 3 is 2.30 bits per heavy atom. The second kappa shape index (κ2) is 7.97. The summed E-state index contributed by atoms with van der Waals surface area (Å²) in [5.41, 5.74) is 1.23. The molecule has 0 aliphatic carbocycles. The van der Waals surface area contributed by atoms with Gasteiger partial charge in [-0.1, -0.05) is 19.1 Å². The van der Waals surface area contributed by atoms with E-state index < -0.39 is 12.1 Å². The number of benzene rings is 1. The molecule has 126 valence electrons. The third kappa shape index (κ3) is 4.96. The van der Waals surface area contributed by atoms with Crippen LogP contribution in [0.5, 0.6) is 5.75 Å². The van der Waals surface area contributed by atoms with Gasteiger partial charge in [-0.2, -0.15) is 0 Å². The van der Waals surface area contributed by atoms with Gasteiger partial charge < -0.3 is 14.7 Å². The Morgan fingerprint density at radius 1 is 1.17 bits per heavy atom. The maximum atomic E-state index is 12.4. The molecule has 1 amide bonds. The Hall–Kier alpha value is -2.08. The van der Waals surface area contributed by atoms with Crippen LogP contribution in [-0.4, -0.2) is 65.6 Å². The third-order valence-corrected chi connectivity index (χ3v) is 4.04. The molecule has 1 atom stereocenters. The normalized spacial score (nSPS) is 16.9. The fraction of sp³-hybridized carbons (Fsp3) is 0.529. The molecule has 6 nitrogen and oxygen atoms in total. The highest BCUT2D eigenvalue weighted by Crippen LogP contribution is 2.15. The highest BCUT2D eigenvalue weighted by molar-refractivity contribution is 5.81. The monoisotopic (exact) mass is 320 g/mol. The molecular formula is C17H24N2O4. The molecule has 1 heterocycles. The van der Waals surface area contributed by atoms with Gasteiger partial charge in [-0.05, 0) is 31.0 Å². The van der Waals surface area contributed by atoms with Crippen LogP contribution in [0, 0.1) is 0 Å². The number of ether oxygens (including phenoxy) is 1. The Morgan fingerprint density at radius 2 is 1.78 bits per heavy atom. The van der Waals surface area contributed by atoms with Crippen molar-refractivity contribution >= 4 is 11.9 Å². The molecule has 2 rings (SSSR count). The van der Waals surface area contributed by atoms with Gasteiger partial charge in [0.05, 0.1) is 6.54 Å². The lowest BCUT2D eigenvalue weighted by molar-refractivity contribution is -0.141. The molecule has 0 saturated carbocycles. The lowest BCUT2D eigenvalue weighted by atomic mass is 10.2. The summed E-state index contributed by atoms with van der Waals surface area (Å²) < 4.78 is 5.72. The summed E-state index contributed by atoms with van der Waals surface area (Å²) >= 11 is 0. The minimum Gasteiger partial charge on any atom is -0.481 e. The fourth-order valence-corrected chi connectivity index (χ4v) is 2.63. The predicted octanol–water partition coefficient (Wildman–Crippen LogP) is 1.25.